The van der Waals surface area contributed by atoms with Crippen LogP contribution in [0.25, 0.3) is 0 Å². The highest BCUT2D eigenvalue weighted by molar-refractivity contribution is 6.34. The van der Waals surface area contributed by atoms with Crippen LogP contribution in [-0.2, 0) is 6.42 Å². The molecule has 234 valence electrons. The van der Waals surface area contributed by atoms with Crippen molar-refractivity contribution in [3.8, 4) is 23.0 Å². The van der Waals surface area contributed by atoms with Crippen molar-refractivity contribution < 1.29 is 28.7 Å². The number of ether oxygens (including phenoxy) is 2. The second-order valence-electron chi connectivity index (χ2n) is 11.4. The van der Waals surface area contributed by atoms with Crippen LogP contribution in [0.4, 0.5) is 5.69 Å². The molecule has 0 N–H and O–H groups in total. The third-order valence-electron chi connectivity index (χ3n) is 8.00. The molecule has 8 nitrogen and oxygen atoms in total. The molecule has 0 bridgehead atoms. The van der Waals surface area contributed by atoms with Gasteiger partial charge in [0, 0.05) is 7.05 Å². The molecule has 0 fully saturated rings. The normalized spacial score (nSPS) is 13.3. The maximum atomic E-state index is 12.8. The van der Waals surface area contributed by atoms with Gasteiger partial charge in [-0.25, -0.2) is 4.90 Å². The number of hydrogen-bond donors (Lipinski definition) is 0. The molecule has 0 spiro atoms. The van der Waals surface area contributed by atoms with Gasteiger partial charge in [-0.15, -0.1) is 0 Å². The fourth-order valence-corrected chi connectivity index (χ4v) is 5.36. The van der Waals surface area contributed by atoms with Gasteiger partial charge in [0.25, 0.3) is 23.6 Å². The van der Waals surface area contributed by atoms with E-state index >= 15 is 0 Å². The maximum absolute atomic E-state index is 12.8. The van der Waals surface area contributed by atoms with E-state index in [2.05, 4.69) is 6.92 Å². The van der Waals surface area contributed by atoms with Crippen LogP contribution in [0.15, 0.2) is 109 Å². The van der Waals surface area contributed by atoms with Gasteiger partial charge in [0.2, 0.25) is 0 Å². The Morgan fingerprint density at radius 1 is 0.511 bits per heavy atom. The van der Waals surface area contributed by atoms with E-state index in [1.54, 1.807) is 42.5 Å². The second kappa shape index (κ2) is 12.8. The van der Waals surface area contributed by atoms with E-state index < -0.39 is 0 Å². The van der Waals surface area contributed by atoms with Crippen molar-refractivity contribution in [2.75, 3.05) is 11.9 Å². The number of imide groups is 2. The molecule has 4 amide bonds. The molecule has 0 atom stereocenters. The number of aryl methyl sites for hydroxylation is 3. The van der Waals surface area contributed by atoms with E-state index in [9.17, 15) is 19.2 Å². The van der Waals surface area contributed by atoms with Crippen LogP contribution >= 0.6 is 0 Å². The van der Waals surface area contributed by atoms with Gasteiger partial charge >= 0.3 is 0 Å². The van der Waals surface area contributed by atoms with E-state index in [0.717, 1.165) is 22.4 Å². The molecule has 0 unspecified atom stereocenters. The van der Waals surface area contributed by atoms with Crippen LogP contribution in [0.2, 0.25) is 0 Å². The van der Waals surface area contributed by atoms with Gasteiger partial charge in [-0.05, 0) is 104 Å². The highest BCUT2D eigenvalue weighted by Crippen LogP contribution is 2.33. The zero-order valence-electron chi connectivity index (χ0n) is 26.4. The van der Waals surface area contributed by atoms with Crippen LogP contribution in [-0.4, -0.2) is 35.6 Å². The molecule has 7 rings (SSSR count). The Balaban J connectivity index is 0.000000168. The van der Waals surface area contributed by atoms with Gasteiger partial charge in [-0.1, -0.05) is 48.9 Å². The number of rotatable bonds is 6. The molecule has 8 heteroatoms. The Hall–Kier alpha value is -6.02. The summed E-state index contributed by atoms with van der Waals surface area (Å²) in [6.45, 7) is 6.02. The smallest absolute Gasteiger partial charge is 0.266 e. The molecular formula is C39H32N2O6. The number of fused-ring (bicyclic) bond motifs is 2. The minimum absolute atomic E-state index is 0.270. The first kappa shape index (κ1) is 31.0. The fraction of sp³-hybridized carbons (Fsp3) is 0.128. The molecule has 5 aromatic rings. The van der Waals surface area contributed by atoms with Crippen LogP contribution in [0.5, 0.6) is 23.0 Å². The van der Waals surface area contributed by atoms with Crippen molar-refractivity contribution >= 4 is 29.3 Å². The van der Waals surface area contributed by atoms with Crippen molar-refractivity contribution in [3.05, 3.63) is 148 Å². The second-order valence-corrected chi connectivity index (χ2v) is 11.4. The van der Waals surface area contributed by atoms with Gasteiger partial charge in [-0.2, -0.15) is 0 Å². The van der Waals surface area contributed by atoms with Crippen molar-refractivity contribution in [2.45, 2.75) is 27.2 Å². The number of amides is 4. The summed E-state index contributed by atoms with van der Waals surface area (Å²) in [7, 11) is 1.48. The van der Waals surface area contributed by atoms with E-state index in [-0.39, 0.29) is 23.6 Å². The average Bonchev–Trinajstić information content (AvgIpc) is 3.45. The van der Waals surface area contributed by atoms with E-state index in [1.165, 1.54) is 17.5 Å². The summed E-state index contributed by atoms with van der Waals surface area (Å²) in [5.41, 5.74) is 5.52. The Bertz CT molecular complexity index is 2030. The van der Waals surface area contributed by atoms with Crippen molar-refractivity contribution in [3.63, 3.8) is 0 Å². The van der Waals surface area contributed by atoms with E-state index in [4.69, 9.17) is 9.47 Å². The first-order valence-corrected chi connectivity index (χ1v) is 15.2. The zero-order valence-corrected chi connectivity index (χ0v) is 26.4. The summed E-state index contributed by atoms with van der Waals surface area (Å²) < 4.78 is 11.6. The highest BCUT2D eigenvalue weighted by Gasteiger charge is 2.37. The largest absolute Gasteiger partial charge is 0.457 e. The maximum Gasteiger partial charge on any atom is 0.266 e. The lowest BCUT2D eigenvalue weighted by atomic mass is 10.1. The first-order chi connectivity index (χ1) is 22.6. The molecule has 2 heterocycles. The first-order valence-electron chi connectivity index (χ1n) is 15.2. The zero-order chi connectivity index (χ0) is 33.2. The Morgan fingerprint density at radius 2 is 1.00 bits per heavy atom. The topological polar surface area (TPSA) is 93.2 Å². The molecule has 2 aliphatic heterocycles. The van der Waals surface area contributed by atoms with Gasteiger partial charge in [-0.3, -0.25) is 24.1 Å². The number of carbonyl (C=O) groups excluding carboxylic acids is 4. The molecule has 2 aliphatic rings. The van der Waals surface area contributed by atoms with Crippen molar-refractivity contribution in [1.29, 1.82) is 0 Å². The number of anilines is 1. The van der Waals surface area contributed by atoms with Crippen LogP contribution < -0.4 is 14.4 Å². The van der Waals surface area contributed by atoms with E-state index in [0.29, 0.717) is 50.9 Å². The Kier molecular flexibility index (Phi) is 8.42. The minimum Gasteiger partial charge on any atom is -0.457 e. The predicted octanol–water partition coefficient (Wildman–Crippen LogP) is 8.16. The van der Waals surface area contributed by atoms with Crippen LogP contribution in [0, 0.1) is 13.8 Å². The fourth-order valence-electron chi connectivity index (χ4n) is 5.36. The van der Waals surface area contributed by atoms with Gasteiger partial charge in [0.15, 0.2) is 0 Å². The van der Waals surface area contributed by atoms with Crippen LogP contribution in [0.3, 0.4) is 0 Å². The molecule has 0 aromatic heterocycles. The summed E-state index contributed by atoms with van der Waals surface area (Å²) in [6.07, 6.45) is 0.974. The lowest BCUT2D eigenvalue weighted by Crippen LogP contribution is -2.29. The standard InChI is InChI=1S/C22H17NO3.C17H15NO3/c1-14-6-8-17(9-7-14)26-18-10-11-19-20(13-18)22(25)23(21(19)24)16-5-3-4-15(2)12-16;1-3-11-4-6-12(7-5-11)21-13-8-9-14-15(10-13)17(20)18(2)16(14)19/h3-13H,1-2H3;4-10H,3H2,1-2H3. The van der Waals surface area contributed by atoms with Crippen LogP contribution in [0.1, 0.15) is 65.0 Å². The predicted molar refractivity (Wildman–Crippen MR) is 179 cm³/mol. The number of nitrogens with zero attached hydrogens (tertiary/aromatic N) is 2. The molecule has 0 saturated carbocycles. The lowest BCUT2D eigenvalue weighted by molar-refractivity contribution is 0.0692. The van der Waals surface area contributed by atoms with Gasteiger partial charge < -0.3 is 9.47 Å². The Labute approximate surface area is 272 Å². The summed E-state index contributed by atoms with van der Waals surface area (Å²) in [6, 6.07) is 32.7. The molecule has 0 saturated heterocycles. The lowest BCUT2D eigenvalue weighted by Gasteiger charge is -2.14. The summed E-state index contributed by atoms with van der Waals surface area (Å²) in [5.74, 6) is 1.27. The SMILES string of the molecule is CCc1ccc(Oc2ccc3c(c2)C(=O)N(C)C3=O)cc1.Cc1ccc(Oc2ccc3c(c2)C(=O)N(c2cccc(C)c2)C3=O)cc1. The third kappa shape index (κ3) is 6.26. The van der Waals surface area contributed by atoms with Gasteiger partial charge in [0.1, 0.15) is 23.0 Å². The van der Waals surface area contributed by atoms with Crippen molar-refractivity contribution in [1.82, 2.24) is 4.90 Å². The molecular weight excluding hydrogens is 592 g/mol. The monoisotopic (exact) mass is 624 g/mol. The third-order valence-corrected chi connectivity index (χ3v) is 8.00. The number of benzene rings is 5. The van der Waals surface area contributed by atoms with E-state index in [1.807, 2.05) is 80.6 Å². The molecule has 5 aromatic carbocycles. The van der Waals surface area contributed by atoms with Crippen molar-refractivity contribution in [2.24, 2.45) is 0 Å². The quantitative estimate of drug-likeness (QED) is 0.177. The number of hydrogen-bond acceptors (Lipinski definition) is 6. The highest BCUT2D eigenvalue weighted by atomic mass is 16.5. The number of carbonyl (C=O) groups is 4. The summed E-state index contributed by atoms with van der Waals surface area (Å²) in [4.78, 5) is 51.6. The minimum atomic E-state index is -0.329. The summed E-state index contributed by atoms with van der Waals surface area (Å²) in [5, 5.41) is 0. The average molecular weight is 625 g/mol. The van der Waals surface area contributed by atoms with Gasteiger partial charge in [0.05, 0.1) is 27.9 Å². The molecule has 0 radical (unpaired) electrons. The Morgan fingerprint density at radius 3 is 1.57 bits per heavy atom. The molecule has 0 aliphatic carbocycles. The molecule has 47 heavy (non-hydrogen) atoms. The summed E-state index contributed by atoms with van der Waals surface area (Å²) >= 11 is 0.